The third-order valence-corrected chi connectivity index (χ3v) is 2.64. The smallest absolute Gasteiger partial charge is 0.340 e. The Labute approximate surface area is 109 Å². The molecule has 0 heterocycles. The molecule has 8 heteroatoms. The quantitative estimate of drug-likeness (QED) is 0.496. The second-order valence-electron chi connectivity index (χ2n) is 3.38. The highest BCUT2D eigenvalue weighted by atomic mass is 79.9. The van der Waals surface area contributed by atoms with Gasteiger partial charge in [-0.2, -0.15) is 8.78 Å². The van der Waals surface area contributed by atoms with Gasteiger partial charge in [-0.1, -0.05) is 6.07 Å². The largest absolute Gasteiger partial charge is 0.486 e. The SMILES string of the molecule is N=C(N)c1c(Br)cccc1OCC(F)(F)C(F)F. The first-order chi connectivity index (χ1) is 8.25. The summed E-state index contributed by atoms with van der Waals surface area (Å²) >= 11 is 3.06. The zero-order valence-corrected chi connectivity index (χ0v) is 10.5. The normalized spacial score (nSPS) is 11.7. The van der Waals surface area contributed by atoms with Crippen molar-refractivity contribution >= 4 is 21.8 Å². The summed E-state index contributed by atoms with van der Waals surface area (Å²) < 4.78 is 54.3. The van der Waals surface area contributed by atoms with Crippen molar-refractivity contribution in [3.63, 3.8) is 0 Å². The van der Waals surface area contributed by atoms with Gasteiger partial charge in [0.1, 0.15) is 11.6 Å². The summed E-state index contributed by atoms with van der Waals surface area (Å²) in [6.45, 7) is -1.48. The van der Waals surface area contributed by atoms with Crippen LogP contribution in [0.15, 0.2) is 22.7 Å². The molecule has 0 bridgehead atoms. The maximum Gasteiger partial charge on any atom is 0.340 e. The van der Waals surface area contributed by atoms with Gasteiger partial charge in [-0.05, 0) is 28.1 Å². The summed E-state index contributed by atoms with van der Waals surface area (Å²) in [5.74, 6) is -4.83. The van der Waals surface area contributed by atoms with E-state index < -0.39 is 24.8 Å². The van der Waals surface area contributed by atoms with Gasteiger partial charge in [0.2, 0.25) is 0 Å². The van der Waals surface area contributed by atoms with Crippen LogP contribution in [-0.4, -0.2) is 24.8 Å². The van der Waals surface area contributed by atoms with E-state index in [1.54, 1.807) is 0 Å². The molecule has 0 atom stereocenters. The molecule has 1 aromatic rings. The van der Waals surface area contributed by atoms with Crippen LogP contribution in [0.2, 0.25) is 0 Å². The summed E-state index contributed by atoms with van der Waals surface area (Å²) in [5.41, 5.74) is 5.30. The van der Waals surface area contributed by atoms with Crippen LogP contribution in [0.5, 0.6) is 5.75 Å². The first-order valence-electron chi connectivity index (χ1n) is 4.67. The van der Waals surface area contributed by atoms with E-state index >= 15 is 0 Å². The lowest BCUT2D eigenvalue weighted by Gasteiger charge is -2.17. The average Bonchev–Trinajstić information content (AvgIpc) is 2.25. The second-order valence-corrected chi connectivity index (χ2v) is 4.23. The molecule has 3 nitrogen and oxygen atoms in total. The van der Waals surface area contributed by atoms with Gasteiger partial charge >= 0.3 is 12.3 Å². The molecule has 0 saturated heterocycles. The van der Waals surface area contributed by atoms with Crippen molar-refractivity contribution in [1.29, 1.82) is 5.41 Å². The third-order valence-electron chi connectivity index (χ3n) is 1.98. The summed E-state index contributed by atoms with van der Waals surface area (Å²) in [7, 11) is 0. The first kappa shape index (κ1) is 14.7. The Morgan fingerprint density at radius 3 is 2.56 bits per heavy atom. The number of amidine groups is 1. The Morgan fingerprint density at radius 2 is 2.06 bits per heavy atom. The van der Waals surface area contributed by atoms with E-state index in [9.17, 15) is 17.6 Å². The summed E-state index contributed by atoms with van der Waals surface area (Å²) in [6.07, 6.45) is -3.81. The van der Waals surface area contributed by atoms with Crippen LogP contribution in [-0.2, 0) is 0 Å². The predicted octanol–water partition coefficient (Wildman–Crippen LogP) is 3.01. The topological polar surface area (TPSA) is 59.1 Å². The highest BCUT2D eigenvalue weighted by Gasteiger charge is 2.41. The fourth-order valence-electron chi connectivity index (χ4n) is 1.12. The number of hydrogen-bond donors (Lipinski definition) is 2. The van der Waals surface area contributed by atoms with Crippen LogP contribution in [0.1, 0.15) is 5.56 Å². The van der Waals surface area contributed by atoms with Gasteiger partial charge in [0.15, 0.2) is 6.61 Å². The van der Waals surface area contributed by atoms with Crippen molar-refractivity contribution < 1.29 is 22.3 Å². The van der Waals surface area contributed by atoms with E-state index in [-0.39, 0.29) is 11.3 Å². The summed E-state index contributed by atoms with van der Waals surface area (Å²) in [5, 5.41) is 7.27. The van der Waals surface area contributed by atoms with Crippen LogP contribution >= 0.6 is 15.9 Å². The number of benzene rings is 1. The Hall–Kier alpha value is -1.31. The third kappa shape index (κ3) is 3.34. The Bertz CT molecular complexity index is 454. The molecule has 0 amide bonds. The number of ether oxygens (including phenoxy) is 1. The van der Waals surface area contributed by atoms with Crippen LogP contribution in [0.3, 0.4) is 0 Å². The van der Waals surface area contributed by atoms with Crippen molar-refractivity contribution in [2.45, 2.75) is 12.3 Å². The molecule has 0 saturated carbocycles. The number of rotatable bonds is 5. The lowest BCUT2D eigenvalue weighted by atomic mass is 10.2. The monoisotopic (exact) mass is 328 g/mol. The van der Waals surface area contributed by atoms with Crippen molar-refractivity contribution in [2.24, 2.45) is 5.73 Å². The van der Waals surface area contributed by atoms with Gasteiger partial charge in [-0.3, -0.25) is 5.41 Å². The van der Waals surface area contributed by atoms with E-state index in [0.717, 1.165) is 0 Å². The van der Waals surface area contributed by atoms with E-state index in [1.165, 1.54) is 18.2 Å². The average molecular weight is 329 g/mol. The molecule has 0 aliphatic heterocycles. The molecule has 1 aromatic carbocycles. The van der Waals surface area contributed by atoms with Gasteiger partial charge in [0.05, 0.1) is 5.56 Å². The molecule has 0 fully saturated rings. The molecule has 0 aliphatic rings. The molecule has 0 aliphatic carbocycles. The highest BCUT2D eigenvalue weighted by Crippen LogP contribution is 2.29. The minimum absolute atomic E-state index is 0.0440. The van der Waals surface area contributed by atoms with Gasteiger partial charge in [0.25, 0.3) is 0 Å². The Morgan fingerprint density at radius 1 is 1.44 bits per heavy atom. The zero-order valence-electron chi connectivity index (χ0n) is 8.89. The summed E-state index contributed by atoms with van der Waals surface area (Å²) in [4.78, 5) is 0. The molecule has 18 heavy (non-hydrogen) atoms. The van der Waals surface area contributed by atoms with Crippen LogP contribution < -0.4 is 10.5 Å². The van der Waals surface area contributed by atoms with E-state index in [1.807, 2.05) is 0 Å². The van der Waals surface area contributed by atoms with Crippen molar-refractivity contribution in [1.82, 2.24) is 0 Å². The zero-order chi connectivity index (χ0) is 13.9. The van der Waals surface area contributed by atoms with E-state index in [0.29, 0.717) is 4.47 Å². The minimum Gasteiger partial charge on any atom is -0.486 e. The molecule has 0 spiro atoms. The molecule has 0 radical (unpaired) electrons. The van der Waals surface area contributed by atoms with Crippen molar-refractivity contribution in [3.05, 3.63) is 28.2 Å². The number of nitrogen functional groups attached to an aromatic ring is 1. The fraction of sp³-hybridized carbons (Fsp3) is 0.300. The van der Waals surface area contributed by atoms with E-state index in [2.05, 4.69) is 20.7 Å². The number of hydrogen-bond acceptors (Lipinski definition) is 2. The number of nitrogens with two attached hydrogens (primary N) is 1. The molecule has 1 rings (SSSR count). The van der Waals surface area contributed by atoms with E-state index in [4.69, 9.17) is 11.1 Å². The minimum atomic E-state index is -4.25. The second kappa shape index (κ2) is 5.55. The number of alkyl halides is 4. The first-order valence-corrected chi connectivity index (χ1v) is 5.46. The Kier molecular flexibility index (Phi) is 4.55. The fourth-order valence-corrected chi connectivity index (χ4v) is 1.68. The number of halogens is 5. The molecular weight excluding hydrogens is 320 g/mol. The summed E-state index contributed by atoms with van der Waals surface area (Å²) in [6, 6.07) is 4.24. The van der Waals surface area contributed by atoms with Gasteiger partial charge in [-0.15, -0.1) is 0 Å². The van der Waals surface area contributed by atoms with Crippen molar-refractivity contribution in [3.8, 4) is 5.75 Å². The van der Waals surface area contributed by atoms with Crippen LogP contribution in [0.4, 0.5) is 17.6 Å². The molecule has 100 valence electrons. The lowest BCUT2D eigenvalue weighted by molar-refractivity contribution is -0.148. The van der Waals surface area contributed by atoms with Gasteiger partial charge in [-0.25, -0.2) is 8.78 Å². The highest BCUT2D eigenvalue weighted by molar-refractivity contribution is 9.10. The van der Waals surface area contributed by atoms with Crippen molar-refractivity contribution in [2.75, 3.05) is 6.61 Å². The predicted molar refractivity (Wildman–Crippen MR) is 61.6 cm³/mol. The Balaban J connectivity index is 2.92. The molecular formula is C10H9BrF4N2O. The van der Waals surface area contributed by atoms with Gasteiger partial charge in [0, 0.05) is 4.47 Å². The molecule has 3 N–H and O–H groups in total. The maximum absolute atomic E-state index is 12.7. The van der Waals surface area contributed by atoms with Gasteiger partial charge < -0.3 is 10.5 Å². The molecule has 0 aromatic heterocycles. The lowest BCUT2D eigenvalue weighted by Crippen LogP contribution is -2.34. The maximum atomic E-state index is 12.7. The molecule has 0 unspecified atom stereocenters. The standard InChI is InChI=1S/C10H9BrF4N2O/c11-5-2-1-3-6(7(5)8(16)17)18-4-10(14,15)9(12)13/h1-3,9H,4H2,(H3,16,17). The van der Waals surface area contributed by atoms with Crippen LogP contribution in [0, 0.1) is 5.41 Å². The van der Waals surface area contributed by atoms with Crippen LogP contribution in [0.25, 0.3) is 0 Å². The number of nitrogens with one attached hydrogen (secondary N) is 1.